The Kier molecular flexibility index (Phi) is 7.47. The Hall–Kier alpha value is -3.54. The van der Waals surface area contributed by atoms with E-state index in [1.54, 1.807) is 30.6 Å². The number of carbonyl (C=O) groups excluding carboxylic acids is 1. The molecule has 3 aromatic rings. The van der Waals surface area contributed by atoms with Crippen molar-refractivity contribution in [3.8, 4) is 17.2 Å². The van der Waals surface area contributed by atoms with Crippen LogP contribution in [0.15, 0.2) is 67.0 Å². The fraction of sp³-hybridized carbons (Fsp3) is 0.379. The molecule has 0 saturated heterocycles. The summed E-state index contributed by atoms with van der Waals surface area (Å²) >= 11 is 0. The first-order valence-corrected chi connectivity index (χ1v) is 12.6. The van der Waals surface area contributed by atoms with Crippen LogP contribution in [0.4, 0.5) is 0 Å². The van der Waals surface area contributed by atoms with Gasteiger partial charge in [0.2, 0.25) is 6.79 Å². The van der Waals surface area contributed by atoms with E-state index in [0.717, 1.165) is 29.7 Å². The van der Waals surface area contributed by atoms with E-state index >= 15 is 0 Å². The van der Waals surface area contributed by atoms with Gasteiger partial charge in [-0.05, 0) is 73.2 Å². The Bertz CT molecular complexity index is 1110. The summed E-state index contributed by atoms with van der Waals surface area (Å²) in [4.78, 5) is 19.6. The molecule has 1 aliphatic carbocycles. The molecule has 0 radical (unpaired) electrons. The van der Waals surface area contributed by atoms with Gasteiger partial charge in [-0.25, -0.2) is 0 Å². The van der Waals surface area contributed by atoms with Crippen LogP contribution in [-0.2, 0) is 13.1 Å². The number of aromatic nitrogens is 1. The number of hydrogen-bond acceptors (Lipinski definition) is 5. The first-order valence-electron chi connectivity index (χ1n) is 12.6. The third-order valence-electron chi connectivity index (χ3n) is 6.65. The third kappa shape index (κ3) is 6.13. The molecule has 2 aromatic carbocycles. The van der Waals surface area contributed by atoms with Crippen LogP contribution in [0.3, 0.4) is 0 Å². The number of fused-ring (bicyclic) bond motifs is 1. The van der Waals surface area contributed by atoms with Gasteiger partial charge in [-0.1, -0.05) is 37.5 Å². The van der Waals surface area contributed by atoms with Gasteiger partial charge >= 0.3 is 0 Å². The van der Waals surface area contributed by atoms with E-state index in [1.165, 1.54) is 32.1 Å². The number of amides is 1. The number of hydrogen-bond donors (Lipinski definition) is 0. The van der Waals surface area contributed by atoms with E-state index in [0.29, 0.717) is 36.3 Å². The highest BCUT2D eigenvalue weighted by atomic mass is 16.7. The van der Waals surface area contributed by atoms with Crippen molar-refractivity contribution in [1.29, 1.82) is 0 Å². The normalized spacial score (nSPS) is 15.8. The van der Waals surface area contributed by atoms with Crippen molar-refractivity contribution in [3.63, 3.8) is 0 Å². The zero-order chi connectivity index (χ0) is 23.9. The standard InChI is InChI=1S/C29H32N2O4/c32-29(24-12-15-27-28(17-24)34-21-33-27)31(20-23-7-6-16-30-18-23)19-22-10-13-26(14-11-22)35-25-8-4-2-1-3-5-9-25/h6-7,10-18,25H,1-5,8-9,19-21H2. The van der Waals surface area contributed by atoms with Crippen molar-refractivity contribution >= 4 is 5.91 Å². The van der Waals surface area contributed by atoms with Crippen molar-refractivity contribution in [2.75, 3.05) is 6.79 Å². The number of benzene rings is 2. The largest absolute Gasteiger partial charge is 0.490 e. The second-order valence-electron chi connectivity index (χ2n) is 9.32. The minimum absolute atomic E-state index is 0.0676. The molecule has 0 N–H and O–H groups in total. The van der Waals surface area contributed by atoms with Crippen LogP contribution in [0.1, 0.15) is 66.4 Å². The van der Waals surface area contributed by atoms with Crippen molar-refractivity contribution in [3.05, 3.63) is 83.7 Å². The van der Waals surface area contributed by atoms with E-state index in [-0.39, 0.29) is 12.7 Å². The zero-order valence-electron chi connectivity index (χ0n) is 20.0. The van der Waals surface area contributed by atoms with E-state index in [1.807, 2.05) is 29.2 Å². The summed E-state index contributed by atoms with van der Waals surface area (Å²) in [5.41, 5.74) is 2.60. The molecule has 0 atom stereocenters. The molecule has 6 nitrogen and oxygen atoms in total. The number of carbonyl (C=O) groups is 1. The van der Waals surface area contributed by atoms with Gasteiger partial charge < -0.3 is 19.1 Å². The second-order valence-corrected chi connectivity index (χ2v) is 9.32. The van der Waals surface area contributed by atoms with Gasteiger partial charge in [-0.15, -0.1) is 0 Å². The molecule has 6 heteroatoms. The summed E-state index contributed by atoms with van der Waals surface area (Å²) in [6.45, 7) is 1.12. The topological polar surface area (TPSA) is 60.9 Å². The molecule has 5 rings (SSSR count). The SMILES string of the molecule is O=C(c1ccc2c(c1)OCO2)N(Cc1ccc(OC2CCCCCCC2)cc1)Cc1cccnc1. The van der Waals surface area contributed by atoms with Crippen molar-refractivity contribution in [2.24, 2.45) is 0 Å². The van der Waals surface area contributed by atoms with Gasteiger partial charge in [-0.3, -0.25) is 9.78 Å². The quantitative estimate of drug-likeness (QED) is 0.413. The molecule has 1 aromatic heterocycles. The summed E-state index contributed by atoms with van der Waals surface area (Å²) in [6.07, 6.45) is 12.6. The average Bonchev–Trinajstić information content (AvgIpc) is 3.34. The highest BCUT2D eigenvalue weighted by molar-refractivity contribution is 5.95. The van der Waals surface area contributed by atoms with E-state index in [2.05, 4.69) is 17.1 Å². The van der Waals surface area contributed by atoms with Crippen LogP contribution in [0.25, 0.3) is 0 Å². The van der Waals surface area contributed by atoms with E-state index < -0.39 is 0 Å². The van der Waals surface area contributed by atoms with Gasteiger partial charge in [0.15, 0.2) is 11.5 Å². The first-order chi connectivity index (χ1) is 17.2. The lowest BCUT2D eigenvalue weighted by Gasteiger charge is -2.24. The van der Waals surface area contributed by atoms with Crippen LogP contribution in [0.2, 0.25) is 0 Å². The molecular weight excluding hydrogens is 440 g/mol. The Morgan fingerprint density at radius 2 is 1.63 bits per heavy atom. The van der Waals surface area contributed by atoms with Gasteiger partial charge in [0, 0.05) is 31.0 Å². The highest BCUT2D eigenvalue weighted by Gasteiger charge is 2.21. The minimum Gasteiger partial charge on any atom is -0.490 e. The Labute approximate surface area is 206 Å². The van der Waals surface area contributed by atoms with E-state index in [4.69, 9.17) is 14.2 Å². The molecule has 0 bridgehead atoms. The van der Waals surface area contributed by atoms with Gasteiger partial charge in [0.05, 0.1) is 6.10 Å². The van der Waals surface area contributed by atoms with Crippen LogP contribution in [0, 0.1) is 0 Å². The lowest BCUT2D eigenvalue weighted by atomic mass is 9.98. The third-order valence-corrected chi connectivity index (χ3v) is 6.65. The fourth-order valence-corrected chi connectivity index (χ4v) is 4.75. The average molecular weight is 473 g/mol. The summed E-state index contributed by atoms with van der Waals surface area (Å²) in [5, 5.41) is 0. The molecule has 35 heavy (non-hydrogen) atoms. The monoisotopic (exact) mass is 472 g/mol. The minimum atomic E-state index is -0.0676. The molecular formula is C29H32N2O4. The maximum Gasteiger partial charge on any atom is 0.254 e. The smallest absolute Gasteiger partial charge is 0.254 e. The summed E-state index contributed by atoms with van der Waals surface area (Å²) in [7, 11) is 0. The summed E-state index contributed by atoms with van der Waals surface area (Å²) in [5.74, 6) is 2.11. The molecule has 2 heterocycles. The lowest BCUT2D eigenvalue weighted by Crippen LogP contribution is -2.30. The van der Waals surface area contributed by atoms with Crippen LogP contribution in [-0.4, -0.2) is 28.7 Å². The highest BCUT2D eigenvalue weighted by Crippen LogP contribution is 2.33. The summed E-state index contributed by atoms with van der Waals surface area (Å²) in [6, 6.07) is 17.4. The molecule has 2 aliphatic rings. The molecule has 1 aliphatic heterocycles. The Balaban J connectivity index is 1.30. The molecule has 0 unspecified atom stereocenters. The fourth-order valence-electron chi connectivity index (χ4n) is 4.75. The van der Waals surface area contributed by atoms with Crippen LogP contribution < -0.4 is 14.2 Å². The molecule has 182 valence electrons. The molecule has 1 amide bonds. The van der Waals surface area contributed by atoms with Crippen molar-refractivity contribution in [2.45, 2.75) is 64.1 Å². The van der Waals surface area contributed by atoms with Crippen molar-refractivity contribution in [1.82, 2.24) is 9.88 Å². The molecule has 0 spiro atoms. The maximum atomic E-state index is 13.5. The van der Waals surface area contributed by atoms with Crippen LogP contribution in [0.5, 0.6) is 17.2 Å². The van der Waals surface area contributed by atoms with Gasteiger partial charge in [0.1, 0.15) is 5.75 Å². The Morgan fingerprint density at radius 1 is 0.886 bits per heavy atom. The zero-order valence-corrected chi connectivity index (χ0v) is 20.0. The number of rotatable bonds is 7. The molecule has 1 saturated carbocycles. The number of ether oxygens (including phenoxy) is 3. The van der Waals surface area contributed by atoms with Gasteiger partial charge in [-0.2, -0.15) is 0 Å². The number of nitrogens with zero attached hydrogens (tertiary/aromatic N) is 2. The second kappa shape index (κ2) is 11.3. The van der Waals surface area contributed by atoms with Crippen LogP contribution >= 0.6 is 0 Å². The predicted molar refractivity (Wildman–Crippen MR) is 134 cm³/mol. The maximum absolute atomic E-state index is 13.5. The Morgan fingerprint density at radius 3 is 2.40 bits per heavy atom. The van der Waals surface area contributed by atoms with Gasteiger partial charge in [0.25, 0.3) is 5.91 Å². The molecule has 1 fully saturated rings. The lowest BCUT2D eigenvalue weighted by molar-refractivity contribution is 0.0729. The summed E-state index contributed by atoms with van der Waals surface area (Å²) < 4.78 is 17.2. The predicted octanol–water partition coefficient (Wildman–Crippen LogP) is 6.14. The van der Waals surface area contributed by atoms with Crippen molar-refractivity contribution < 1.29 is 19.0 Å². The first kappa shape index (κ1) is 23.2. The van der Waals surface area contributed by atoms with E-state index in [9.17, 15) is 4.79 Å². The number of pyridine rings is 1.